The summed E-state index contributed by atoms with van der Waals surface area (Å²) in [6.45, 7) is 0. The van der Waals surface area contributed by atoms with Crippen molar-refractivity contribution < 1.29 is 0 Å². The maximum absolute atomic E-state index is 4.68. The molecular weight excluding hydrogens is 625 g/mol. The Bertz CT molecular complexity index is 2470. The Kier molecular flexibility index (Phi) is 7.73. The molecular formula is C47H32N2S. The number of thiophene rings is 1. The second-order valence-corrected chi connectivity index (χ2v) is 13.5. The minimum Gasteiger partial charge on any atom is -0.311 e. The summed E-state index contributed by atoms with van der Waals surface area (Å²) in [7, 11) is 0. The van der Waals surface area contributed by atoms with E-state index in [-0.39, 0.29) is 0 Å². The van der Waals surface area contributed by atoms with Crippen molar-refractivity contribution in [2.75, 3.05) is 4.90 Å². The molecule has 50 heavy (non-hydrogen) atoms. The predicted molar refractivity (Wildman–Crippen MR) is 214 cm³/mol. The van der Waals surface area contributed by atoms with Gasteiger partial charge in [0.1, 0.15) is 0 Å². The van der Waals surface area contributed by atoms with Crippen LogP contribution in [-0.2, 0) is 0 Å². The van der Waals surface area contributed by atoms with E-state index in [9.17, 15) is 0 Å². The molecule has 0 saturated heterocycles. The molecule has 0 saturated carbocycles. The van der Waals surface area contributed by atoms with Gasteiger partial charge >= 0.3 is 0 Å². The minimum atomic E-state index is 1.08. The quantitative estimate of drug-likeness (QED) is 0.170. The molecule has 0 spiro atoms. The van der Waals surface area contributed by atoms with E-state index in [1.807, 2.05) is 23.6 Å². The molecule has 3 heteroatoms. The number of pyridine rings is 1. The molecule has 0 atom stereocenters. The lowest BCUT2D eigenvalue weighted by molar-refractivity contribution is 1.28. The van der Waals surface area contributed by atoms with Gasteiger partial charge in [-0.25, -0.2) is 0 Å². The highest BCUT2D eigenvalue weighted by Gasteiger charge is 2.15. The molecule has 9 rings (SSSR count). The maximum Gasteiger partial charge on any atom is 0.0888 e. The lowest BCUT2D eigenvalue weighted by Gasteiger charge is -2.26. The monoisotopic (exact) mass is 656 g/mol. The van der Waals surface area contributed by atoms with Crippen LogP contribution in [0, 0.1) is 0 Å². The van der Waals surface area contributed by atoms with Crippen LogP contribution in [0.4, 0.5) is 17.1 Å². The SMILES string of the molecule is c1ccc(-c2ccc(N(c3ccc(-c4ccccc4)cc3)c3ccc(-c4cccc(-c5cccc6c5sc5cccnc56)c4)cc3)cc2)cc1. The summed E-state index contributed by atoms with van der Waals surface area (Å²) in [5.41, 5.74) is 14.1. The van der Waals surface area contributed by atoms with E-state index in [1.165, 1.54) is 59.3 Å². The van der Waals surface area contributed by atoms with Crippen molar-refractivity contribution in [3.63, 3.8) is 0 Å². The van der Waals surface area contributed by atoms with Crippen LogP contribution in [0.1, 0.15) is 0 Å². The third kappa shape index (κ3) is 5.64. The van der Waals surface area contributed by atoms with Crippen LogP contribution >= 0.6 is 11.3 Å². The summed E-state index contributed by atoms with van der Waals surface area (Å²) in [4.78, 5) is 7.01. The van der Waals surface area contributed by atoms with Gasteiger partial charge in [0, 0.05) is 33.3 Å². The summed E-state index contributed by atoms with van der Waals surface area (Å²) in [6, 6.07) is 67.4. The van der Waals surface area contributed by atoms with Gasteiger partial charge in [-0.05, 0) is 99.1 Å². The zero-order valence-electron chi connectivity index (χ0n) is 27.3. The number of rotatable bonds is 7. The van der Waals surface area contributed by atoms with Gasteiger partial charge in [0.15, 0.2) is 0 Å². The summed E-state index contributed by atoms with van der Waals surface area (Å²) in [5.74, 6) is 0. The number of fused-ring (bicyclic) bond motifs is 3. The molecule has 2 heterocycles. The summed E-state index contributed by atoms with van der Waals surface area (Å²) < 4.78 is 2.50. The van der Waals surface area contributed by atoms with Gasteiger partial charge < -0.3 is 4.90 Å². The zero-order chi connectivity index (χ0) is 33.3. The molecule has 236 valence electrons. The number of hydrogen-bond donors (Lipinski definition) is 0. The highest BCUT2D eigenvalue weighted by Crippen LogP contribution is 2.41. The lowest BCUT2D eigenvalue weighted by atomic mass is 9.98. The third-order valence-corrected chi connectivity index (χ3v) is 10.5. The van der Waals surface area contributed by atoms with E-state index in [1.54, 1.807) is 0 Å². The van der Waals surface area contributed by atoms with Crippen molar-refractivity contribution in [2.24, 2.45) is 0 Å². The van der Waals surface area contributed by atoms with E-state index in [4.69, 9.17) is 0 Å². The summed E-state index contributed by atoms with van der Waals surface area (Å²) >= 11 is 1.82. The van der Waals surface area contributed by atoms with Gasteiger partial charge in [-0.15, -0.1) is 11.3 Å². The van der Waals surface area contributed by atoms with Gasteiger partial charge in [-0.2, -0.15) is 0 Å². The number of benzene rings is 7. The molecule has 0 radical (unpaired) electrons. The van der Waals surface area contributed by atoms with E-state index in [0.29, 0.717) is 0 Å². The van der Waals surface area contributed by atoms with Crippen LogP contribution in [-0.4, -0.2) is 4.98 Å². The summed E-state index contributed by atoms with van der Waals surface area (Å²) in [5, 5.41) is 1.21. The van der Waals surface area contributed by atoms with Crippen LogP contribution in [0.5, 0.6) is 0 Å². The topological polar surface area (TPSA) is 16.1 Å². The molecule has 0 unspecified atom stereocenters. The van der Waals surface area contributed by atoms with Gasteiger partial charge in [-0.3, -0.25) is 4.98 Å². The van der Waals surface area contributed by atoms with E-state index < -0.39 is 0 Å². The molecule has 7 aromatic carbocycles. The fourth-order valence-corrected chi connectivity index (χ4v) is 8.03. The Morgan fingerprint density at radius 1 is 0.380 bits per heavy atom. The highest BCUT2D eigenvalue weighted by atomic mass is 32.1. The van der Waals surface area contributed by atoms with Crippen LogP contribution in [0.2, 0.25) is 0 Å². The van der Waals surface area contributed by atoms with Crippen LogP contribution < -0.4 is 4.90 Å². The van der Waals surface area contributed by atoms with Crippen molar-refractivity contribution >= 4 is 48.7 Å². The molecule has 0 bridgehead atoms. The van der Waals surface area contributed by atoms with Crippen molar-refractivity contribution in [3.05, 3.63) is 194 Å². The molecule has 9 aromatic rings. The minimum absolute atomic E-state index is 1.08. The zero-order valence-corrected chi connectivity index (χ0v) is 28.1. The maximum atomic E-state index is 4.68. The molecule has 0 aliphatic carbocycles. The molecule has 2 aromatic heterocycles. The van der Waals surface area contributed by atoms with Gasteiger partial charge in [0.25, 0.3) is 0 Å². The predicted octanol–water partition coefficient (Wildman–Crippen LogP) is 13.6. The van der Waals surface area contributed by atoms with Gasteiger partial charge in [-0.1, -0.05) is 133 Å². The van der Waals surface area contributed by atoms with Crippen molar-refractivity contribution in [3.8, 4) is 44.5 Å². The van der Waals surface area contributed by atoms with Crippen molar-refractivity contribution in [2.45, 2.75) is 0 Å². The highest BCUT2D eigenvalue weighted by molar-refractivity contribution is 7.26. The number of hydrogen-bond acceptors (Lipinski definition) is 3. The Balaban J connectivity index is 1.07. The average molecular weight is 657 g/mol. The fourth-order valence-electron chi connectivity index (χ4n) is 6.83. The first-order valence-corrected chi connectivity index (χ1v) is 17.7. The Hall–Kier alpha value is -6.29. The molecule has 2 nitrogen and oxygen atoms in total. The van der Waals surface area contributed by atoms with Crippen LogP contribution in [0.15, 0.2) is 194 Å². The molecule has 0 N–H and O–H groups in total. The Morgan fingerprint density at radius 3 is 1.44 bits per heavy atom. The second-order valence-electron chi connectivity index (χ2n) is 12.4. The lowest BCUT2D eigenvalue weighted by Crippen LogP contribution is -2.09. The van der Waals surface area contributed by atoms with E-state index in [2.05, 4.69) is 192 Å². The molecule has 0 aliphatic rings. The van der Waals surface area contributed by atoms with Crippen LogP contribution in [0.25, 0.3) is 64.8 Å². The van der Waals surface area contributed by atoms with Crippen LogP contribution in [0.3, 0.4) is 0 Å². The summed E-state index contributed by atoms with van der Waals surface area (Å²) in [6.07, 6.45) is 1.88. The normalized spacial score (nSPS) is 11.2. The second kappa shape index (κ2) is 13.0. The van der Waals surface area contributed by atoms with Gasteiger partial charge in [0.2, 0.25) is 0 Å². The first-order chi connectivity index (χ1) is 24.8. The Morgan fingerprint density at radius 2 is 0.860 bits per heavy atom. The van der Waals surface area contributed by atoms with Gasteiger partial charge in [0.05, 0.1) is 10.2 Å². The first-order valence-electron chi connectivity index (χ1n) is 16.9. The molecule has 0 amide bonds. The molecule has 0 fully saturated rings. The molecule has 0 aliphatic heterocycles. The number of anilines is 3. The first kappa shape index (κ1) is 29.8. The van der Waals surface area contributed by atoms with Crippen molar-refractivity contribution in [1.82, 2.24) is 4.98 Å². The average Bonchev–Trinajstić information content (AvgIpc) is 3.59. The number of aromatic nitrogens is 1. The van der Waals surface area contributed by atoms with E-state index >= 15 is 0 Å². The standard InChI is InChI=1S/C47H32N2S/c1-3-10-33(11-4-1)35-19-25-40(26-20-35)49(41-27-21-36(22-28-41)34-12-5-2-6-13-34)42-29-23-37(24-30-42)38-14-7-15-39(32-38)43-16-8-17-44-46-45(50-47(43)44)18-9-31-48-46/h1-32H. The van der Waals surface area contributed by atoms with E-state index in [0.717, 1.165) is 22.6 Å². The van der Waals surface area contributed by atoms with Crippen molar-refractivity contribution in [1.29, 1.82) is 0 Å². The Labute approximate surface area is 296 Å². The smallest absolute Gasteiger partial charge is 0.0888 e. The number of nitrogens with zero attached hydrogens (tertiary/aromatic N) is 2. The largest absolute Gasteiger partial charge is 0.311 e. The fraction of sp³-hybridized carbons (Fsp3) is 0. The third-order valence-electron chi connectivity index (χ3n) is 9.35.